The average Bonchev–Trinajstić information content (AvgIpc) is 3.05. The van der Waals surface area contributed by atoms with Crippen LogP contribution in [0.15, 0.2) is 47.4 Å². The lowest BCUT2D eigenvalue weighted by Gasteiger charge is -2.13. The Balaban J connectivity index is 1.72. The third kappa shape index (κ3) is 6.58. The smallest absolute Gasteiger partial charge is 0.303 e. The number of carboxylic acid groups (broad SMARTS) is 1. The molecule has 0 saturated carbocycles. The number of amides is 1. The molecule has 0 unspecified atom stereocenters. The first-order chi connectivity index (χ1) is 15.8. The van der Waals surface area contributed by atoms with Crippen molar-refractivity contribution in [3.05, 3.63) is 64.1 Å². The van der Waals surface area contributed by atoms with Crippen LogP contribution in [0.3, 0.4) is 0 Å². The third-order valence-electron chi connectivity index (χ3n) is 5.19. The van der Waals surface area contributed by atoms with E-state index in [-0.39, 0.29) is 12.3 Å². The molecule has 1 aliphatic rings. The summed E-state index contributed by atoms with van der Waals surface area (Å²) in [7, 11) is 1.61. The molecule has 1 N–H and O–H groups in total. The maximum absolute atomic E-state index is 12.7. The Morgan fingerprint density at radius 2 is 1.94 bits per heavy atom. The first-order valence-corrected chi connectivity index (χ1v) is 11.9. The molecule has 0 atom stereocenters. The Bertz CT molecular complexity index is 1060. The molecule has 174 valence electrons. The minimum absolute atomic E-state index is 0.00184. The van der Waals surface area contributed by atoms with Crippen LogP contribution in [0.1, 0.15) is 49.3 Å². The van der Waals surface area contributed by atoms with E-state index < -0.39 is 5.97 Å². The first kappa shape index (κ1) is 24.8. The maximum Gasteiger partial charge on any atom is 0.303 e. The summed E-state index contributed by atoms with van der Waals surface area (Å²) in [6.07, 6.45) is 2.15. The lowest BCUT2D eigenvalue weighted by atomic mass is 10.0. The lowest BCUT2D eigenvalue weighted by molar-refractivity contribution is -0.137. The maximum atomic E-state index is 12.7. The standard InChI is InChI=1S/C25H27NO5S2/c1-16(2)18-7-9-20(10-8-18)31-15-19-13-17(6-11-21(19)30-3)14-22-24(29)26(25(32)33-22)12-4-5-23(27)28/h6-11,13-14,16H,4-5,12,15H2,1-3H3,(H,27,28)/b22-14-. The van der Waals surface area contributed by atoms with Crippen molar-refractivity contribution in [1.82, 2.24) is 4.90 Å². The Kier molecular flexibility index (Phi) is 8.52. The number of ether oxygens (including phenoxy) is 2. The molecule has 1 amide bonds. The molecule has 1 fully saturated rings. The van der Waals surface area contributed by atoms with E-state index in [1.807, 2.05) is 30.3 Å². The van der Waals surface area contributed by atoms with Crippen LogP contribution in [-0.4, -0.2) is 39.9 Å². The summed E-state index contributed by atoms with van der Waals surface area (Å²) < 4.78 is 11.9. The largest absolute Gasteiger partial charge is 0.496 e. The summed E-state index contributed by atoms with van der Waals surface area (Å²) >= 11 is 6.54. The molecule has 33 heavy (non-hydrogen) atoms. The number of carbonyl (C=O) groups is 2. The van der Waals surface area contributed by atoms with Crippen LogP contribution in [0.2, 0.25) is 0 Å². The molecule has 8 heteroatoms. The van der Waals surface area contributed by atoms with Crippen molar-refractivity contribution < 1.29 is 24.2 Å². The molecule has 0 aliphatic carbocycles. The number of aliphatic carboxylic acids is 1. The second-order valence-electron chi connectivity index (χ2n) is 7.91. The van der Waals surface area contributed by atoms with Gasteiger partial charge in [-0.05, 0) is 53.8 Å². The highest BCUT2D eigenvalue weighted by Crippen LogP contribution is 2.33. The van der Waals surface area contributed by atoms with Crippen LogP contribution < -0.4 is 9.47 Å². The molecule has 0 radical (unpaired) electrons. The van der Waals surface area contributed by atoms with Gasteiger partial charge in [-0.2, -0.15) is 0 Å². The molecular formula is C25H27NO5S2. The normalized spacial score (nSPS) is 14.9. The van der Waals surface area contributed by atoms with E-state index in [9.17, 15) is 9.59 Å². The van der Waals surface area contributed by atoms with Crippen molar-refractivity contribution in [3.8, 4) is 11.5 Å². The van der Waals surface area contributed by atoms with Crippen molar-refractivity contribution in [3.63, 3.8) is 0 Å². The monoisotopic (exact) mass is 485 g/mol. The predicted octanol–water partition coefficient (Wildman–Crippen LogP) is 5.46. The second kappa shape index (κ2) is 11.3. The quantitative estimate of drug-likeness (QED) is 0.354. The first-order valence-electron chi connectivity index (χ1n) is 10.7. The van der Waals surface area contributed by atoms with Gasteiger partial charge in [0.2, 0.25) is 0 Å². The van der Waals surface area contributed by atoms with Crippen LogP contribution in [0.25, 0.3) is 6.08 Å². The van der Waals surface area contributed by atoms with Crippen LogP contribution in [0.4, 0.5) is 0 Å². The van der Waals surface area contributed by atoms with E-state index in [2.05, 4.69) is 26.0 Å². The highest BCUT2D eigenvalue weighted by Gasteiger charge is 2.31. The zero-order chi connectivity index (χ0) is 24.0. The lowest BCUT2D eigenvalue weighted by Crippen LogP contribution is -2.29. The van der Waals surface area contributed by atoms with Crippen LogP contribution >= 0.6 is 24.0 Å². The van der Waals surface area contributed by atoms with Crippen molar-refractivity contribution in [2.24, 2.45) is 0 Å². The van der Waals surface area contributed by atoms with Gasteiger partial charge in [-0.15, -0.1) is 0 Å². The zero-order valence-electron chi connectivity index (χ0n) is 18.9. The van der Waals surface area contributed by atoms with E-state index in [1.54, 1.807) is 13.2 Å². The number of thiocarbonyl (C=S) groups is 1. The van der Waals surface area contributed by atoms with Crippen molar-refractivity contribution in [2.75, 3.05) is 13.7 Å². The van der Waals surface area contributed by atoms with E-state index in [0.717, 1.165) is 16.9 Å². The highest BCUT2D eigenvalue weighted by molar-refractivity contribution is 8.26. The molecule has 1 heterocycles. The van der Waals surface area contributed by atoms with Gasteiger partial charge in [0.05, 0.1) is 12.0 Å². The fraction of sp³-hybridized carbons (Fsp3) is 0.320. The summed E-state index contributed by atoms with van der Waals surface area (Å²) in [5, 5.41) is 8.81. The number of carboxylic acids is 1. The highest BCUT2D eigenvalue weighted by atomic mass is 32.2. The number of nitrogens with zero attached hydrogens (tertiary/aromatic N) is 1. The number of hydrogen-bond donors (Lipinski definition) is 1. The molecule has 0 bridgehead atoms. The van der Waals surface area contributed by atoms with Crippen molar-refractivity contribution in [1.29, 1.82) is 0 Å². The summed E-state index contributed by atoms with van der Waals surface area (Å²) in [5.74, 6) is 0.844. The molecule has 3 rings (SSSR count). The van der Waals surface area contributed by atoms with Gasteiger partial charge in [-0.3, -0.25) is 14.5 Å². The SMILES string of the molecule is COc1ccc(/C=C2\SC(=S)N(CCCC(=O)O)C2=O)cc1COc1ccc(C(C)C)cc1. The number of hydrogen-bond acceptors (Lipinski definition) is 6. The van der Waals surface area contributed by atoms with Gasteiger partial charge in [0.1, 0.15) is 22.4 Å². The van der Waals surface area contributed by atoms with Gasteiger partial charge in [-0.25, -0.2) is 0 Å². The Labute approximate surface area is 203 Å². The van der Waals surface area contributed by atoms with E-state index in [1.165, 1.54) is 22.2 Å². The third-order valence-corrected chi connectivity index (χ3v) is 6.57. The summed E-state index contributed by atoms with van der Waals surface area (Å²) in [5.41, 5.74) is 2.94. The van der Waals surface area contributed by atoms with Gasteiger partial charge in [0.15, 0.2) is 0 Å². The average molecular weight is 486 g/mol. The molecule has 1 aliphatic heterocycles. The zero-order valence-corrected chi connectivity index (χ0v) is 20.5. The van der Waals surface area contributed by atoms with Gasteiger partial charge >= 0.3 is 5.97 Å². The molecule has 1 saturated heterocycles. The van der Waals surface area contributed by atoms with Crippen molar-refractivity contribution in [2.45, 2.75) is 39.2 Å². The Morgan fingerprint density at radius 1 is 1.21 bits per heavy atom. The number of rotatable bonds is 10. The number of carbonyl (C=O) groups excluding carboxylic acids is 1. The minimum atomic E-state index is -0.889. The summed E-state index contributed by atoms with van der Waals surface area (Å²) in [6, 6.07) is 13.7. The number of thioether (sulfide) groups is 1. The van der Waals surface area contributed by atoms with E-state index >= 15 is 0 Å². The number of benzene rings is 2. The summed E-state index contributed by atoms with van der Waals surface area (Å²) in [4.78, 5) is 25.5. The minimum Gasteiger partial charge on any atom is -0.496 e. The molecule has 0 aromatic heterocycles. The molecule has 2 aromatic carbocycles. The molecule has 0 spiro atoms. The predicted molar refractivity (Wildman–Crippen MR) is 135 cm³/mol. The molecule has 6 nitrogen and oxygen atoms in total. The Hall–Kier alpha value is -2.84. The van der Waals surface area contributed by atoms with Gasteiger partial charge in [0.25, 0.3) is 5.91 Å². The number of methoxy groups -OCH3 is 1. The fourth-order valence-corrected chi connectivity index (χ4v) is 4.65. The van der Waals surface area contributed by atoms with Crippen LogP contribution in [0, 0.1) is 0 Å². The molecular weight excluding hydrogens is 458 g/mol. The van der Waals surface area contributed by atoms with E-state index in [4.69, 9.17) is 26.8 Å². The topological polar surface area (TPSA) is 76.1 Å². The van der Waals surface area contributed by atoms with E-state index in [0.29, 0.717) is 40.5 Å². The molecule has 2 aromatic rings. The second-order valence-corrected chi connectivity index (χ2v) is 9.59. The fourth-order valence-electron chi connectivity index (χ4n) is 3.34. The summed E-state index contributed by atoms with van der Waals surface area (Å²) in [6.45, 7) is 4.92. The van der Waals surface area contributed by atoms with Gasteiger partial charge < -0.3 is 14.6 Å². The van der Waals surface area contributed by atoms with Crippen molar-refractivity contribution >= 4 is 46.3 Å². The Morgan fingerprint density at radius 3 is 2.58 bits per heavy atom. The van der Waals surface area contributed by atoms with Gasteiger partial charge in [-0.1, -0.05) is 56.0 Å². The van der Waals surface area contributed by atoms with Crippen LogP contribution in [0.5, 0.6) is 11.5 Å². The van der Waals surface area contributed by atoms with Crippen LogP contribution in [-0.2, 0) is 16.2 Å². The van der Waals surface area contributed by atoms with Gasteiger partial charge in [0, 0.05) is 18.5 Å².